The van der Waals surface area contributed by atoms with Gasteiger partial charge in [0, 0.05) is 64.9 Å². The summed E-state index contributed by atoms with van der Waals surface area (Å²) in [5.41, 5.74) is 1.13. The van der Waals surface area contributed by atoms with Crippen LogP contribution in [-0.4, -0.2) is 70.7 Å². The van der Waals surface area contributed by atoms with E-state index in [1.54, 1.807) is 4.68 Å². The Bertz CT molecular complexity index is 703. The molecule has 2 atom stereocenters. The van der Waals surface area contributed by atoms with E-state index in [0.717, 1.165) is 38.2 Å². The molecule has 0 aromatic carbocycles. The SMILES string of the molecule is Cl.Cn1cc([C@H]2CNC[C@@H]2C(=O)N2CCCN(C(=O)CC3CCCC3)CC2)cn1. The zero-order chi connectivity index (χ0) is 19.5. The molecule has 1 N–H and O–H groups in total. The number of carbonyl (C=O) groups is 2. The smallest absolute Gasteiger partial charge is 0.227 e. The molecular weight excluding hydrogens is 390 g/mol. The van der Waals surface area contributed by atoms with Gasteiger partial charge in [-0.25, -0.2) is 0 Å². The molecule has 0 radical (unpaired) electrons. The van der Waals surface area contributed by atoms with Crippen molar-refractivity contribution in [2.75, 3.05) is 39.3 Å². The number of amides is 2. The highest BCUT2D eigenvalue weighted by atomic mass is 35.5. The molecular formula is C21H34ClN5O2. The summed E-state index contributed by atoms with van der Waals surface area (Å²) in [7, 11) is 1.91. The predicted octanol–water partition coefficient (Wildman–Crippen LogP) is 1.79. The molecule has 2 amide bonds. The lowest BCUT2D eigenvalue weighted by atomic mass is 9.89. The lowest BCUT2D eigenvalue weighted by Gasteiger charge is -2.27. The monoisotopic (exact) mass is 423 g/mol. The molecule has 3 aliphatic rings. The average Bonchev–Trinajstić information content (AvgIpc) is 3.41. The van der Waals surface area contributed by atoms with Crippen LogP contribution in [-0.2, 0) is 16.6 Å². The summed E-state index contributed by atoms with van der Waals surface area (Å²) >= 11 is 0. The van der Waals surface area contributed by atoms with Crippen LogP contribution in [0.2, 0.25) is 0 Å². The number of rotatable bonds is 4. The minimum absolute atomic E-state index is 0. The van der Waals surface area contributed by atoms with Gasteiger partial charge in [0.2, 0.25) is 11.8 Å². The highest BCUT2D eigenvalue weighted by molar-refractivity contribution is 5.85. The fourth-order valence-corrected chi connectivity index (χ4v) is 5.13. The van der Waals surface area contributed by atoms with E-state index in [9.17, 15) is 9.59 Å². The normalized spacial score (nSPS) is 25.7. The van der Waals surface area contributed by atoms with Gasteiger partial charge in [-0.05, 0) is 30.7 Å². The third kappa shape index (κ3) is 5.12. The van der Waals surface area contributed by atoms with Crippen molar-refractivity contribution in [2.24, 2.45) is 18.9 Å². The maximum absolute atomic E-state index is 13.3. The van der Waals surface area contributed by atoms with Gasteiger partial charge in [0.25, 0.3) is 0 Å². The second-order valence-electron chi connectivity index (χ2n) is 8.73. The topological polar surface area (TPSA) is 70.5 Å². The maximum Gasteiger partial charge on any atom is 0.227 e. The van der Waals surface area contributed by atoms with Crippen molar-refractivity contribution in [1.82, 2.24) is 24.9 Å². The van der Waals surface area contributed by atoms with E-state index < -0.39 is 0 Å². The summed E-state index contributed by atoms with van der Waals surface area (Å²) in [6, 6.07) is 0. The van der Waals surface area contributed by atoms with Crippen molar-refractivity contribution in [2.45, 2.75) is 44.4 Å². The van der Waals surface area contributed by atoms with Crippen molar-refractivity contribution in [3.63, 3.8) is 0 Å². The number of hydrogen-bond donors (Lipinski definition) is 1. The van der Waals surface area contributed by atoms with Gasteiger partial charge < -0.3 is 15.1 Å². The van der Waals surface area contributed by atoms with Gasteiger partial charge in [0.1, 0.15) is 0 Å². The standard InChI is InChI=1S/C21H33N5O2.ClH/c1-24-15-17(12-23-24)18-13-22-14-19(18)21(28)26-8-4-7-25(9-10-26)20(27)11-16-5-2-3-6-16;/h12,15-16,18-19,22H,2-11,13-14H2,1H3;1H/t18-,19+;/m1./s1. The van der Waals surface area contributed by atoms with E-state index in [-0.39, 0.29) is 36.1 Å². The minimum atomic E-state index is -0.0371. The first-order chi connectivity index (χ1) is 13.6. The molecule has 2 saturated heterocycles. The summed E-state index contributed by atoms with van der Waals surface area (Å²) in [6.45, 7) is 4.41. The number of nitrogens with one attached hydrogen (secondary N) is 1. The third-order valence-corrected chi connectivity index (χ3v) is 6.78. The van der Waals surface area contributed by atoms with E-state index in [1.165, 1.54) is 25.7 Å². The number of nitrogens with zero attached hydrogens (tertiary/aromatic N) is 4. The Labute approximate surface area is 179 Å². The third-order valence-electron chi connectivity index (χ3n) is 6.78. The Morgan fingerprint density at radius 2 is 1.79 bits per heavy atom. The second-order valence-corrected chi connectivity index (χ2v) is 8.73. The van der Waals surface area contributed by atoms with Crippen LogP contribution in [0.5, 0.6) is 0 Å². The quantitative estimate of drug-likeness (QED) is 0.801. The van der Waals surface area contributed by atoms with Crippen LogP contribution in [0.15, 0.2) is 12.4 Å². The molecule has 2 aliphatic heterocycles. The number of hydrogen-bond acceptors (Lipinski definition) is 4. The van der Waals surface area contributed by atoms with E-state index in [4.69, 9.17) is 0 Å². The molecule has 7 nitrogen and oxygen atoms in total. The first-order valence-electron chi connectivity index (χ1n) is 10.9. The summed E-state index contributed by atoms with van der Waals surface area (Å²) in [6.07, 6.45) is 10.4. The summed E-state index contributed by atoms with van der Waals surface area (Å²) in [5, 5.41) is 7.66. The molecule has 1 saturated carbocycles. The van der Waals surface area contributed by atoms with Gasteiger partial charge in [0.15, 0.2) is 0 Å². The molecule has 0 unspecified atom stereocenters. The van der Waals surface area contributed by atoms with Crippen LogP contribution >= 0.6 is 12.4 Å². The summed E-state index contributed by atoms with van der Waals surface area (Å²) < 4.78 is 1.80. The lowest BCUT2D eigenvalue weighted by Crippen LogP contribution is -2.41. The number of halogens is 1. The van der Waals surface area contributed by atoms with Crippen molar-refractivity contribution < 1.29 is 9.59 Å². The number of aromatic nitrogens is 2. The highest BCUT2D eigenvalue weighted by Gasteiger charge is 2.37. The van der Waals surface area contributed by atoms with Crippen LogP contribution in [0.3, 0.4) is 0 Å². The Morgan fingerprint density at radius 1 is 1.07 bits per heavy atom. The zero-order valence-electron chi connectivity index (χ0n) is 17.4. The maximum atomic E-state index is 13.3. The Kier molecular flexibility index (Phi) is 7.57. The van der Waals surface area contributed by atoms with Crippen LogP contribution in [0.4, 0.5) is 0 Å². The van der Waals surface area contributed by atoms with Crippen LogP contribution in [0.25, 0.3) is 0 Å². The number of carbonyl (C=O) groups excluding carboxylic acids is 2. The number of aryl methyl sites for hydroxylation is 1. The van der Waals surface area contributed by atoms with E-state index in [1.807, 2.05) is 29.2 Å². The molecule has 162 valence electrons. The first kappa shape index (κ1) is 22.1. The van der Waals surface area contributed by atoms with Gasteiger partial charge in [-0.2, -0.15) is 5.10 Å². The molecule has 8 heteroatoms. The second kappa shape index (κ2) is 9.94. The van der Waals surface area contributed by atoms with Gasteiger partial charge in [-0.1, -0.05) is 12.8 Å². The van der Waals surface area contributed by atoms with Crippen molar-refractivity contribution in [3.05, 3.63) is 18.0 Å². The predicted molar refractivity (Wildman–Crippen MR) is 114 cm³/mol. The molecule has 3 heterocycles. The molecule has 4 rings (SSSR count). The molecule has 1 aliphatic carbocycles. The van der Waals surface area contributed by atoms with Crippen molar-refractivity contribution >= 4 is 24.2 Å². The highest BCUT2D eigenvalue weighted by Crippen LogP contribution is 2.30. The fourth-order valence-electron chi connectivity index (χ4n) is 5.13. The van der Waals surface area contributed by atoms with Gasteiger partial charge in [-0.15, -0.1) is 12.4 Å². The van der Waals surface area contributed by atoms with Crippen LogP contribution < -0.4 is 5.32 Å². The van der Waals surface area contributed by atoms with Gasteiger partial charge in [-0.3, -0.25) is 14.3 Å². The summed E-state index contributed by atoms with van der Waals surface area (Å²) in [4.78, 5) is 29.9. The van der Waals surface area contributed by atoms with Crippen molar-refractivity contribution in [1.29, 1.82) is 0 Å². The van der Waals surface area contributed by atoms with E-state index >= 15 is 0 Å². The van der Waals surface area contributed by atoms with E-state index in [2.05, 4.69) is 10.4 Å². The lowest BCUT2D eigenvalue weighted by molar-refractivity contribution is -0.136. The first-order valence-corrected chi connectivity index (χ1v) is 10.9. The Morgan fingerprint density at radius 3 is 2.52 bits per heavy atom. The van der Waals surface area contributed by atoms with Gasteiger partial charge in [0.05, 0.1) is 12.1 Å². The molecule has 3 fully saturated rings. The molecule has 29 heavy (non-hydrogen) atoms. The minimum Gasteiger partial charge on any atom is -0.341 e. The molecule has 0 spiro atoms. The molecule has 1 aromatic heterocycles. The summed E-state index contributed by atoms with van der Waals surface area (Å²) in [5.74, 6) is 1.24. The van der Waals surface area contributed by atoms with Crippen LogP contribution in [0, 0.1) is 11.8 Å². The Balaban J connectivity index is 0.00000240. The molecule has 0 bridgehead atoms. The molecule has 1 aromatic rings. The Hall–Kier alpha value is -1.60. The largest absolute Gasteiger partial charge is 0.341 e. The van der Waals surface area contributed by atoms with Gasteiger partial charge >= 0.3 is 0 Å². The average molecular weight is 424 g/mol. The fraction of sp³-hybridized carbons (Fsp3) is 0.762. The van der Waals surface area contributed by atoms with Crippen molar-refractivity contribution in [3.8, 4) is 0 Å². The van der Waals surface area contributed by atoms with E-state index in [0.29, 0.717) is 25.4 Å². The zero-order valence-corrected chi connectivity index (χ0v) is 18.2. The van der Waals surface area contributed by atoms with Crippen LogP contribution in [0.1, 0.15) is 50.0 Å².